The molecule has 28 heteroatoms. The van der Waals surface area contributed by atoms with E-state index in [1.165, 1.54) is 31.1 Å². The minimum absolute atomic E-state index is 0.239. The molecule has 0 spiro atoms. The highest BCUT2D eigenvalue weighted by atomic mass is 19.4. The molecule has 6 amide bonds. The van der Waals surface area contributed by atoms with Crippen LogP contribution in [0.15, 0.2) is 61.2 Å². The molecule has 0 aliphatic rings. The van der Waals surface area contributed by atoms with Crippen LogP contribution in [0, 0.1) is 0 Å². The lowest BCUT2D eigenvalue weighted by Gasteiger charge is -2.08. The van der Waals surface area contributed by atoms with Crippen molar-refractivity contribution in [1.29, 1.82) is 0 Å². The molecule has 4 aromatic heterocycles. The number of nitrogens with zero attached hydrogens (tertiary/aromatic N) is 4. The van der Waals surface area contributed by atoms with Gasteiger partial charge in [0.25, 0.3) is 23.6 Å². The van der Waals surface area contributed by atoms with Crippen LogP contribution in [0.1, 0.15) is 54.8 Å². The SMILES string of the molecule is Cn1cc(NC(=O)c2cc(NC(=O)/C=C/C(=O)Nc3cc(C(=O)Nc4cc(C(=O)NCCC[NH+](C)C)n(C)c4)n(C)c3)cn2C)cc1C(=O)NCCC[NH+](C)C.O=C([O-])C(F)(F)F.O=C([O-])C(F)(F)F. The Labute approximate surface area is 396 Å². The second-order valence-electron chi connectivity index (χ2n) is 15.8. The number of carboxylic acids is 2. The molecule has 0 radical (unpaired) electrons. The van der Waals surface area contributed by atoms with E-state index in [1.54, 1.807) is 74.2 Å². The average Bonchev–Trinajstić information content (AvgIpc) is 4.01. The van der Waals surface area contributed by atoms with Crippen molar-refractivity contribution in [2.75, 3.05) is 75.6 Å². The number of amides is 6. The number of aromatic nitrogens is 4. The number of aryl methyl sites for hydroxylation is 4. The monoisotopic (exact) mass is 1000 g/mol. The van der Waals surface area contributed by atoms with Crippen LogP contribution in [-0.2, 0) is 47.4 Å². The second-order valence-corrected chi connectivity index (χ2v) is 15.8. The Kier molecular flexibility index (Phi) is 21.7. The van der Waals surface area contributed by atoms with Crippen LogP contribution in [-0.4, -0.2) is 132 Å². The van der Waals surface area contributed by atoms with Gasteiger partial charge in [-0.3, -0.25) is 28.8 Å². The number of hydrogen-bond donors (Lipinski definition) is 8. The molecule has 4 heterocycles. The fourth-order valence-corrected chi connectivity index (χ4v) is 5.81. The Hall–Kier alpha value is -7.88. The molecule has 384 valence electrons. The molecular formula is C42H54F6N12O10. The van der Waals surface area contributed by atoms with E-state index in [-0.39, 0.29) is 23.2 Å². The van der Waals surface area contributed by atoms with Gasteiger partial charge in [-0.1, -0.05) is 0 Å². The maximum absolute atomic E-state index is 13.1. The molecule has 0 fully saturated rings. The highest BCUT2D eigenvalue weighted by molar-refractivity contribution is 6.09. The maximum Gasteiger partial charge on any atom is 0.430 e. The summed E-state index contributed by atoms with van der Waals surface area (Å²) in [6.07, 6.45) is -0.232. The largest absolute Gasteiger partial charge is 0.542 e. The number of alkyl halides is 6. The van der Waals surface area contributed by atoms with Crippen LogP contribution >= 0.6 is 0 Å². The van der Waals surface area contributed by atoms with E-state index in [4.69, 9.17) is 19.8 Å². The minimum atomic E-state index is -5.19. The van der Waals surface area contributed by atoms with Gasteiger partial charge >= 0.3 is 12.4 Å². The van der Waals surface area contributed by atoms with Crippen molar-refractivity contribution in [3.05, 3.63) is 84.0 Å². The maximum atomic E-state index is 13.1. The number of carboxylic acid groups (broad SMARTS) is 2. The fraction of sp³-hybridized carbons (Fsp3) is 0.381. The first-order valence-corrected chi connectivity index (χ1v) is 20.7. The summed E-state index contributed by atoms with van der Waals surface area (Å²) in [5.41, 5.74) is 2.82. The molecular weight excluding hydrogens is 947 g/mol. The van der Waals surface area contributed by atoms with Crippen molar-refractivity contribution >= 4 is 70.1 Å². The Morgan fingerprint density at radius 2 is 0.729 bits per heavy atom. The number of hydrogen-bond acceptors (Lipinski definition) is 10. The smallest absolute Gasteiger partial charge is 0.430 e. The van der Waals surface area contributed by atoms with E-state index in [9.17, 15) is 55.1 Å². The molecule has 0 atom stereocenters. The Balaban J connectivity index is 0.00000104. The van der Waals surface area contributed by atoms with Gasteiger partial charge in [0.2, 0.25) is 11.8 Å². The van der Waals surface area contributed by atoms with Gasteiger partial charge in [-0.2, -0.15) is 26.3 Å². The molecule has 70 heavy (non-hydrogen) atoms. The summed E-state index contributed by atoms with van der Waals surface area (Å²) in [5.74, 6) is -8.61. The summed E-state index contributed by atoms with van der Waals surface area (Å²) in [4.78, 5) is 96.9. The summed E-state index contributed by atoms with van der Waals surface area (Å²) in [6.45, 7) is 2.95. The molecule has 22 nitrogen and oxygen atoms in total. The zero-order valence-corrected chi connectivity index (χ0v) is 39.2. The number of halogens is 6. The molecule has 0 bridgehead atoms. The lowest BCUT2D eigenvalue weighted by molar-refractivity contribution is -0.858. The van der Waals surface area contributed by atoms with Gasteiger partial charge in [0.1, 0.15) is 34.7 Å². The molecule has 0 aromatic carbocycles. The zero-order chi connectivity index (χ0) is 53.3. The average molecular weight is 1000 g/mol. The molecule has 0 aliphatic heterocycles. The van der Waals surface area contributed by atoms with Crippen LogP contribution in [0.3, 0.4) is 0 Å². The number of anilines is 4. The van der Waals surface area contributed by atoms with Gasteiger partial charge in [-0.05, 0) is 24.3 Å². The summed E-state index contributed by atoms with van der Waals surface area (Å²) < 4.78 is 69.4. The number of carbonyl (C=O) groups excluding carboxylic acids is 8. The van der Waals surface area contributed by atoms with Gasteiger partial charge in [0.15, 0.2) is 0 Å². The van der Waals surface area contributed by atoms with Crippen molar-refractivity contribution in [3.8, 4) is 0 Å². The molecule has 4 aromatic rings. The van der Waals surface area contributed by atoms with Crippen molar-refractivity contribution < 1.29 is 84.7 Å². The van der Waals surface area contributed by atoms with Crippen molar-refractivity contribution in [1.82, 2.24) is 28.9 Å². The number of aliphatic carboxylic acids is 2. The Morgan fingerprint density at radius 1 is 0.486 bits per heavy atom. The fourth-order valence-electron chi connectivity index (χ4n) is 5.81. The Morgan fingerprint density at radius 3 is 0.971 bits per heavy atom. The van der Waals surface area contributed by atoms with E-state index in [0.29, 0.717) is 47.2 Å². The standard InChI is InChI=1S/C38H52N12O6.2C2HF3O2/c1-45(2)15-9-13-39-35(53)29-19-27(23-47(29)5)43-37(55)31-17-25(21-49(31)7)41-33(51)11-12-34(52)42-26-18-32(50(8)22-26)38(56)44-28-20-30(48(6)24-28)36(54)40-14-10-16-46(3)4;2*3-2(4,5)1(6)7/h11-12,17-24H,9-10,13-16H2,1-8H3,(H,39,53)(H,40,54)(H,41,51)(H,42,52)(H,43,55)(H,44,56);2*(H,6,7)/b12-11+;;. The predicted octanol–water partition coefficient (Wildman–Crippen LogP) is -2.20. The molecule has 0 aliphatic carbocycles. The van der Waals surface area contributed by atoms with E-state index >= 15 is 0 Å². The third kappa shape index (κ3) is 19.8. The van der Waals surface area contributed by atoms with Crippen LogP contribution in [0.5, 0.6) is 0 Å². The topological polar surface area (TPSA) is 283 Å². The lowest BCUT2D eigenvalue weighted by atomic mass is 10.3. The molecule has 8 N–H and O–H groups in total. The number of quaternary nitrogens is 2. The van der Waals surface area contributed by atoms with Crippen molar-refractivity contribution in [2.24, 2.45) is 28.2 Å². The predicted molar refractivity (Wildman–Crippen MR) is 235 cm³/mol. The van der Waals surface area contributed by atoms with E-state index in [1.807, 2.05) is 28.2 Å². The number of rotatable bonds is 18. The van der Waals surface area contributed by atoms with Gasteiger partial charge in [-0.15, -0.1) is 0 Å². The van der Waals surface area contributed by atoms with E-state index in [0.717, 1.165) is 38.1 Å². The summed E-state index contributed by atoms with van der Waals surface area (Å²) in [7, 11) is 14.9. The third-order valence-electron chi connectivity index (χ3n) is 9.13. The molecule has 4 rings (SSSR count). The van der Waals surface area contributed by atoms with Crippen LogP contribution in [0.4, 0.5) is 49.1 Å². The summed E-state index contributed by atoms with van der Waals surface area (Å²) in [6, 6.07) is 6.16. The van der Waals surface area contributed by atoms with Gasteiger partial charge in [0.05, 0.1) is 64.0 Å². The van der Waals surface area contributed by atoms with Crippen LogP contribution < -0.4 is 51.9 Å². The molecule has 0 saturated carbocycles. The third-order valence-corrected chi connectivity index (χ3v) is 9.13. The second kappa shape index (κ2) is 26.0. The summed E-state index contributed by atoms with van der Waals surface area (Å²) >= 11 is 0. The minimum Gasteiger partial charge on any atom is -0.542 e. The quantitative estimate of drug-likeness (QED) is 0.0303. The van der Waals surface area contributed by atoms with Crippen LogP contribution in [0.2, 0.25) is 0 Å². The van der Waals surface area contributed by atoms with Crippen molar-refractivity contribution in [2.45, 2.75) is 25.2 Å². The number of carbonyl (C=O) groups is 8. The van der Waals surface area contributed by atoms with Crippen molar-refractivity contribution in [3.63, 3.8) is 0 Å². The normalized spacial score (nSPS) is 11.3. The molecule has 0 unspecified atom stereocenters. The zero-order valence-electron chi connectivity index (χ0n) is 39.2. The summed E-state index contributed by atoms with van der Waals surface area (Å²) in [5, 5.41) is 34.2. The van der Waals surface area contributed by atoms with Gasteiger partial charge in [-0.25, -0.2) is 0 Å². The Bertz CT molecular complexity index is 2360. The van der Waals surface area contributed by atoms with E-state index in [2.05, 4.69) is 31.9 Å². The molecule has 0 saturated heterocycles. The van der Waals surface area contributed by atoms with Gasteiger partial charge in [0, 0.05) is 91.1 Å². The highest BCUT2D eigenvalue weighted by Gasteiger charge is 2.29. The van der Waals surface area contributed by atoms with Crippen LogP contribution in [0.25, 0.3) is 0 Å². The number of nitrogens with one attached hydrogen (secondary N) is 8. The first kappa shape index (κ1) is 58.2. The lowest BCUT2D eigenvalue weighted by Crippen LogP contribution is -3.05. The van der Waals surface area contributed by atoms with Gasteiger partial charge < -0.3 is 79.8 Å². The first-order valence-electron chi connectivity index (χ1n) is 20.7. The van der Waals surface area contributed by atoms with E-state index < -0.39 is 47.9 Å². The highest BCUT2D eigenvalue weighted by Crippen LogP contribution is 2.20. The first-order chi connectivity index (χ1) is 32.4.